The van der Waals surface area contributed by atoms with Crippen LogP contribution in [0.1, 0.15) is 0 Å². The summed E-state index contributed by atoms with van der Waals surface area (Å²) in [5.41, 5.74) is 1.89. The van der Waals surface area contributed by atoms with Crippen LogP contribution in [-0.4, -0.2) is 20.2 Å². The van der Waals surface area contributed by atoms with Crippen LogP contribution < -0.4 is 26.3 Å². The lowest BCUT2D eigenvalue weighted by Crippen LogP contribution is -3.00. The Hall–Kier alpha value is -2.14. The smallest absolute Gasteiger partial charge is 0.372 e. The molecule has 2 aromatic carbocycles. The number of nitrogens with zero attached hydrogens (tertiary/aromatic N) is 1. The van der Waals surface area contributed by atoms with E-state index in [1.807, 2.05) is 53.1 Å². The number of benzene rings is 2. The van der Waals surface area contributed by atoms with E-state index in [4.69, 9.17) is 9.47 Å². The van der Waals surface area contributed by atoms with E-state index >= 15 is 0 Å². The van der Waals surface area contributed by atoms with Crippen molar-refractivity contribution in [2.45, 2.75) is 6.54 Å². The molecule has 0 amide bonds. The Bertz CT molecular complexity index is 776. The molecule has 0 fully saturated rings. The van der Waals surface area contributed by atoms with Crippen molar-refractivity contribution < 1.29 is 35.8 Å². The Morgan fingerprint density at radius 2 is 1.45 bits per heavy atom. The first kappa shape index (κ1) is 16.2. The van der Waals surface area contributed by atoms with E-state index in [9.17, 15) is 4.79 Å². The van der Waals surface area contributed by atoms with Gasteiger partial charge in [-0.05, 0) is 12.1 Å². The number of fused-ring (bicyclic) bond motifs is 2. The number of para-hydroxylation sites is 2. The fourth-order valence-electron chi connectivity index (χ4n) is 2.66. The minimum absolute atomic E-state index is 0. The second-order valence-corrected chi connectivity index (χ2v) is 4.73. The number of pyridine rings is 1. The molecule has 0 spiro atoms. The molecule has 0 bridgehead atoms. The molecule has 3 rings (SSSR count). The molecule has 0 unspecified atom stereocenters. The summed E-state index contributed by atoms with van der Waals surface area (Å²) in [7, 11) is 3.07. The molecule has 4 nitrogen and oxygen atoms in total. The standard InChI is InChI=1S/C17H16NO3.BrH/c1-20-16(19)11-18-14-9-5-3-7-12(14)17(21-2)13-8-4-6-10-15(13)18;/h3-10H,11H2,1-2H3;1H/q+1;/p-1. The summed E-state index contributed by atoms with van der Waals surface area (Å²) in [4.78, 5) is 11.7. The average Bonchev–Trinajstić information content (AvgIpc) is 2.54. The number of rotatable bonds is 3. The van der Waals surface area contributed by atoms with Crippen LogP contribution in [0.25, 0.3) is 21.8 Å². The minimum Gasteiger partial charge on any atom is -1.00 e. The zero-order valence-corrected chi connectivity index (χ0v) is 14.0. The van der Waals surface area contributed by atoms with E-state index in [-0.39, 0.29) is 29.5 Å². The van der Waals surface area contributed by atoms with Gasteiger partial charge in [0.05, 0.1) is 25.0 Å². The van der Waals surface area contributed by atoms with Gasteiger partial charge in [-0.1, -0.05) is 24.3 Å². The molecule has 1 aromatic heterocycles. The average molecular weight is 362 g/mol. The number of ether oxygens (including phenoxy) is 2. The zero-order chi connectivity index (χ0) is 14.8. The maximum absolute atomic E-state index is 11.7. The third-order valence-corrected chi connectivity index (χ3v) is 3.60. The Kier molecular flexibility index (Phi) is 4.98. The van der Waals surface area contributed by atoms with Gasteiger partial charge in [0.1, 0.15) is 5.75 Å². The second-order valence-electron chi connectivity index (χ2n) is 4.73. The summed E-state index contributed by atoms with van der Waals surface area (Å²) in [6, 6.07) is 15.8. The zero-order valence-electron chi connectivity index (χ0n) is 12.4. The van der Waals surface area contributed by atoms with Crippen molar-refractivity contribution >= 4 is 27.8 Å². The van der Waals surface area contributed by atoms with E-state index < -0.39 is 0 Å². The normalized spacial score (nSPS) is 10.3. The number of esters is 1. The van der Waals surface area contributed by atoms with E-state index in [0.717, 1.165) is 27.6 Å². The highest BCUT2D eigenvalue weighted by Crippen LogP contribution is 2.31. The van der Waals surface area contributed by atoms with Gasteiger partial charge in [0.15, 0.2) is 0 Å². The lowest BCUT2D eigenvalue weighted by Gasteiger charge is -2.10. The first-order valence-corrected chi connectivity index (χ1v) is 6.70. The van der Waals surface area contributed by atoms with Crippen LogP contribution in [0, 0.1) is 0 Å². The molecule has 0 aliphatic carbocycles. The van der Waals surface area contributed by atoms with Gasteiger partial charge in [0, 0.05) is 12.1 Å². The molecule has 0 saturated heterocycles. The van der Waals surface area contributed by atoms with E-state index in [1.165, 1.54) is 7.11 Å². The van der Waals surface area contributed by atoms with Crippen molar-refractivity contribution in [1.29, 1.82) is 0 Å². The molecule has 22 heavy (non-hydrogen) atoms. The number of aromatic nitrogens is 1. The van der Waals surface area contributed by atoms with Gasteiger partial charge in [0.25, 0.3) is 0 Å². The van der Waals surface area contributed by atoms with Gasteiger partial charge in [0.2, 0.25) is 17.6 Å². The van der Waals surface area contributed by atoms with Crippen molar-refractivity contribution in [3.05, 3.63) is 48.5 Å². The highest BCUT2D eigenvalue weighted by molar-refractivity contribution is 5.97. The quantitative estimate of drug-likeness (QED) is 0.357. The third kappa shape index (κ3) is 2.64. The predicted octanol–water partition coefficient (Wildman–Crippen LogP) is -0.534. The van der Waals surface area contributed by atoms with Crippen LogP contribution in [-0.2, 0) is 16.1 Å². The molecule has 5 heteroatoms. The first-order valence-electron chi connectivity index (χ1n) is 6.70. The van der Waals surface area contributed by atoms with Gasteiger partial charge in [-0.25, -0.2) is 4.79 Å². The molecule has 0 atom stereocenters. The van der Waals surface area contributed by atoms with Crippen molar-refractivity contribution in [2.75, 3.05) is 14.2 Å². The van der Waals surface area contributed by atoms with Gasteiger partial charge < -0.3 is 26.5 Å². The number of hydrogen-bond donors (Lipinski definition) is 0. The van der Waals surface area contributed by atoms with Crippen LogP contribution in [0.2, 0.25) is 0 Å². The van der Waals surface area contributed by atoms with E-state index in [1.54, 1.807) is 7.11 Å². The van der Waals surface area contributed by atoms with Gasteiger partial charge in [-0.3, -0.25) is 0 Å². The van der Waals surface area contributed by atoms with Crippen LogP contribution in [0.15, 0.2) is 48.5 Å². The number of methoxy groups -OCH3 is 2. The Morgan fingerprint density at radius 3 is 1.91 bits per heavy atom. The lowest BCUT2D eigenvalue weighted by molar-refractivity contribution is -0.633. The Labute approximate surface area is 139 Å². The van der Waals surface area contributed by atoms with E-state index in [2.05, 4.69) is 0 Å². The third-order valence-electron chi connectivity index (χ3n) is 3.60. The fraction of sp³-hybridized carbons (Fsp3) is 0.176. The molecular weight excluding hydrogens is 346 g/mol. The molecular formula is C17H16BrNO3. The molecule has 0 N–H and O–H groups in total. The predicted molar refractivity (Wildman–Crippen MR) is 80.2 cm³/mol. The van der Waals surface area contributed by atoms with Crippen LogP contribution in [0.5, 0.6) is 5.75 Å². The van der Waals surface area contributed by atoms with Gasteiger partial charge in [-0.2, -0.15) is 4.57 Å². The Balaban J connectivity index is 0.00000176. The minimum atomic E-state index is -0.277. The maximum atomic E-state index is 11.7. The number of hydrogen-bond acceptors (Lipinski definition) is 3. The maximum Gasteiger partial charge on any atom is 0.372 e. The number of carbonyl (C=O) groups is 1. The van der Waals surface area contributed by atoms with Crippen molar-refractivity contribution in [1.82, 2.24) is 0 Å². The van der Waals surface area contributed by atoms with Gasteiger partial charge >= 0.3 is 5.97 Å². The molecule has 0 radical (unpaired) electrons. The molecule has 1 heterocycles. The SMILES string of the molecule is COC(=O)C[n+]1c2ccccc2c(OC)c2ccccc21.[Br-]. The van der Waals surface area contributed by atoms with Crippen molar-refractivity contribution in [3.63, 3.8) is 0 Å². The molecule has 114 valence electrons. The van der Waals surface area contributed by atoms with Crippen LogP contribution >= 0.6 is 0 Å². The summed E-state index contributed by atoms with van der Waals surface area (Å²) >= 11 is 0. The van der Waals surface area contributed by atoms with Gasteiger partial charge in [-0.15, -0.1) is 0 Å². The summed E-state index contributed by atoms with van der Waals surface area (Å²) in [5.74, 6) is 0.544. The number of halogens is 1. The largest absolute Gasteiger partial charge is 1.00 e. The fourth-order valence-corrected chi connectivity index (χ4v) is 2.66. The van der Waals surface area contributed by atoms with Crippen LogP contribution in [0.3, 0.4) is 0 Å². The van der Waals surface area contributed by atoms with Crippen molar-refractivity contribution in [2.24, 2.45) is 0 Å². The summed E-state index contributed by atoms with van der Waals surface area (Å²) in [5, 5.41) is 1.95. The topological polar surface area (TPSA) is 39.4 Å². The Morgan fingerprint density at radius 1 is 0.955 bits per heavy atom. The number of carbonyl (C=O) groups excluding carboxylic acids is 1. The monoisotopic (exact) mass is 361 g/mol. The summed E-state index contributed by atoms with van der Waals surface area (Å²) in [6.45, 7) is 0.168. The highest BCUT2D eigenvalue weighted by atomic mass is 79.9. The molecule has 0 aliphatic heterocycles. The van der Waals surface area contributed by atoms with Crippen LogP contribution in [0.4, 0.5) is 0 Å². The highest BCUT2D eigenvalue weighted by Gasteiger charge is 2.22. The molecule has 3 aromatic rings. The second kappa shape index (κ2) is 6.75. The summed E-state index contributed by atoms with van der Waals surface area (Å²) < 4.78 is 12.4. The molecule has 0 aliphatic rings. The molecule has 0 saturated carbocycles. The lowest BCUT2D eigenvalue weighted by atomic mass is 10.1. The first-order chi connectivity index (χ1) is 10.3. The van der Waals surface area contributed by atoms with E-state index in [0.29, 0.717) is 0 Å². The van der Waals surface area contributed by atoms with Crippen molar-refractivity contribution in [3.8, 4) is 5.75 Å². The summed E-state index contributed by atoms with van der Waals surface area (Å²) in [6.07, 6.45) is 0.